The second-order valence-corrected chi connectivity index (χ2v) is 10.8. The number of piperazine rings is 1. The minimum absolute atomic E-state index is 0.185. The molecular formula is C27H29ClN10O2. The first-order valence-corrected chi connectivity index (χ1v) is 13.9. The highest BCUT2D eigenvalue weighted by atomic mass is 35.5. The zero-order valence-corrected chi connectivity index (χ0v) is 22.7. The molecule has 1 aliphatic carbocycles. The Morgan fingerprint density at radius 2 is 1.88 bits per heavy atom. The van der Waals surface area contributed by atoms with Crippen LogP contribution in [0.2, 0.25) is 5.02 Å². The normalized spacial score (nSPS) is 17.9. The highest BCUT2D eigenvalue weighted by Gasteiger charge is 2.27. The van der Waals surface area contributed by atoms with Crippen LogP contribution < -0.4 is 15.5 Å². The molecular weight excluding hydrogens is 532 g/mol. The van der Waals surface area contributed by atoms with Crippen LogP contribution in [0.4, 0.5) is 23.1 Å². The van der Waals surface area contributed by atoms with Crippen molar-refractivity contribution in [1.29, 1.82) is 10.5 Å². The van der Waals surface area contributed by atoms with Gasteiger partial charge in [-0.05, 0) is 43.7 Å². The number of anilines is 4. The van der Waals surface area contributed by atoms with Crippen molar-refractivity contribution < 1.29 is 9.53 Å². The van der Waals surface area contributed by atoms with E-state index in [1.165, 1.54) is 10.7 Å². The Balaban J connectivity index is 1.21. The van der Waals surface area contributed by atoms with Crippen molar-refractivity contribution in [3.63, 3.8) is 0 Å². The Kier molecular flexibility index (Phi) is 7.29. The fourth-order valence-electron chi connectivity index (χ4n) is 5.17. The second kappa shape index (κ2) is 11.2. The van der Waals surface area contributed by atoms with Gasteiger partial charge in [-0.15, -0.1) is 5.10 Å². The summed E-state index contributed by atoms with van der Waals surface area (Å²) in [5.74, 6) is 1.32. The summed E-state index contributed by atoms with van der Waals surface area (Å²) >= 11 is 6.89. The lowest BCUT2D eigenvalue weighted by atomic mass is 9.96. The van der Waals surface area contributed by atoms with Gasteiger partial charge in [0.2, 0.25) is 11.9 Å². The third-order valence-electron chi connectivity index (χ3n) is 7.60. The molecule has 1 aromatic carbocycles. The van der Waals surface area contributed by atoms with Crippen LogP contribution in [0.5, 0.6) is 0 Å². The van der Waals surface area contributed by atoms with Gasteiger partial charge in [0.05, 0.1) is 34.2 Å². The van der Waals surface area contributed by atoms with Gasteiger partial charge in [0.1, 0.15) is 6.07 Å². The van der Waals surface area contributed by atoms with Crippen LogP contribution in [-0.2, 0) is 9.53 Å². The molecule has 206 valence electrons. The number of imidazole rings is 1. The van der Waals surface area contributed by atoms with Crippen LogP contribution in [0.1, 0.15) is 43.4 Å². The number of nitrogens with zero attached hydrogens (tertiary/aromatic N) is 8. The first-order valence-electron chi connectivity index (χ1n) is 13.6. The Hall–Kier alpha value is -4.13. The van der Waals surface area contributed by atoms with E-state index >= 15 is 0 Å². The molecule has 6 rings (SSSR count). The summed E-state index contributed by atoms with van der Waals surface area (Å²) in [5.41, 5.74) is 2.36. The molecule has 3 aliphatic rings. The first-order chi connectivity index (χ1) is 19.5. The number of amides is 1. The molecule has 4 heterocycles. The molecule has 0 atom stereocenters. The Bertz CT molecular complexity index is 1510. The first kappa shape index (κ1) is 26.1. The van der Waals surface area contributed by atoms with Crippen LogP contribution in [0.3, 0.4) is 0 Å². The molecule has 12 nitrogen and oxygen atoms in total. The van der Waals surface area contributed by atoms with E-state index in [2.05, 4.69) is 42.7 Å². The summed E-state index contributed by atoms with van der Waals surface area (Å²) in [6.45, 7) is 3.85. The number of hydrogen-bond donors (Lipinski definition) is 2. The summed E-state index contributed by atoms with van der Waals surface area (Å²) in [6.07, 6.45) is 5.98. The Morgan fingerprint density at radius 1 is 1.10 bits per heavy atom. The van der Waals surface area contributed by atoms with Gasteiger partial charge in [-0.25, -0.2) is 4.98 Å². The second-order valence-electron chi connectivity index (χ2n) is 10.4. The van der Waals surface area contributed by atoms with Crippen LogP contribution in [0.15, 0.2) is 18.3 Å². The van der Waals surface area contributed by atoms with Gasteiger partial charge in [-0.1, -0.05) is 11.6 Å². The van der Waals surface area contributed by atoms with E-state index in [0.29, 0.717) is 78.0 Å². The topological polar surface area (TPSA) is 147 Å². The smallest absolute Gasteiger partial charge is 0.247 e. The minimum atomic E-state index is 0.185. The van der Waals surface area contributed by atoms with E-state index in [4.69, 9.17) is 16.3 Å². The third kappa shape index (κ3) is 5.46. The number of fused-ring (bicyclic) bond motifs is 1. The molecule has 0 spiro atoms. The van der Waals surface area contributed by atoms with E-state index < -0.39 is 0 Å². The van der Waals surface area contributed by atoms with Gasteiger partial charge in [-0.3, -0.25) is 4.79 Å². The lowest BCUT2D eigenvalue weighted by Crippen LogP contribution is -2.49. The van der Waals surface area contributed by atoms with Crippen molar-refractivity contribution in [3.05, 3.63) is 34.6 Å². The fraction of sp³-hybridized carbons (Fsp3) is 0.481. The number of aromatic nitrogens is 4. The van der Waals surface area contributed by atoms with Crippen LogP contribution in [-0.4, -0.2) is 75.8 Å². The maximum atomic E-state index is 12.9. The van der Waals surface area contributed by atoms with Crippen molar-refractivity contribution in [2.24, 2.45) is 5.92 Å². The molecule has 2 aliphatic heterocycles. The van der Waals surface area contributed by atoms with E-state index in [0.717, 1.165) is 38.9 Å². The average Bonchev–Trinajstić information content (AvgIpc) is 3.70. The molecule has 40 heavy (non-hydrogen) atoms. The summed E-state index contributed by atoms with van der Waals surface area (Å²) in [5, 5.41) is 30.7. The van der Waals surface area contributed by atoms with Crippen LogP contribution in [0, 0.1) is 28.6 Å². The fourth-order valence-corrected chi connectivity index (χ4v) is 5.44. The number of rotatable bonds is 7. The lowest BCUT2D eigenvalue weighted by Gasteiger charge is -2.37. The standard InChI is InChI=1S/C27H29ClN10O2/c28-24-21(33-27-34-25(32-19-1-2-19)26-31-16-20(15-30)38(26)35-27)11-18(14-29)12-22(24)36-5-7-37(8-6-36)23(39)13-17-3-9-40-10-4-17/h11-12,16-17,19H,1-10,13H2,(H2,32,33,34,35). The number of carbonyl (C=O) groups excluding carboxylic acids is 1. The molecule has 13 heteroatoms. The number of nitriles is 2. The minimum Gasteiger partial charge on any atom is -0.381 e. The highest BCUT2D eigenvalue weighted by molar-refractivity contribution is 6.36. The van der Waals surface area contributed by atoms with Crippen molar-refractivity contribution in [2.75, 3.05) is 54.9 Å². The van der Waals surface area contributed by atoms with Crippen molar-refractivity contribution in [3.8, 4) is 12.1 Å². The molecule has 0 radical (unpaired) electrons. The number of ether oxygens (including phenoxy) is 1. The Labute approximate surface area is 236 Å². The molecule has 0 unspecified atom stereocenters. The van der Waals surface area contributed by atoms with Crippen LogP contribution >= 0.6 is 11.6 Å². The van der Waals surface area contributed by atoms with Gasteiger partial charge >= 0.3 is 0 Å². The molecule has 3 aromatic rings. The van der Waals surface area contributed by atoms with E-state index in [9.17, 15) is 15.3 Å². The van der Waals surface area contributed by atoms with Gasteiger partial charge in [0.15, 0.2) is 17.2 Å². The average molecular weight is 561 g/mol. The summed E-state index contributed by atoms with van der Waals surface area (Å²) in [6, 6.07) is 8.04. The predicted octanol–water partition coefficient (Wildman–Crippen LogP) is 3.30. The van der Waals surface area contributed by atoms with E-state index in [-0.39, 0.29) is 17.5 Å². The molecule has 3 fully saturated rings. The maximum Gasteiger partial charge on any atom is 0.247 e. The number of carbonyl (C=O) groups is 1. The molecule has 0 bridgehead atoms. The van der Waals surface area contributed by atoms with Gasteiger partial charge in [0, 0.05) is 51.9 Å². The van der Waals surface area contributed by atoms with Crippen molar-refractivity contribution >= 4 is 46.3 Å². The van der Waals surface area contributed by atoms with Crippen LogP contribution in [0.25, 0.3) is 5.65 Å². The molecule has 2 N–H and O–H groups in total. The summed E-state index contributed by atoms with van der Waals surface area (Å²) in [4.78, 5) is 25.8. The number of benzene rings is 1. The molecule has 1 saturated carbocycles. The van der Waals surface area contributed by atoms with Gasteiger partial charge < -0.3 is 25.2 Å². The maximum absolute atomic E-state index is 12.9. The molecule has 2 saturated heterocycles. The van der Waals surface area contributed by atoms with Gasteiger partial charge in [0.25, 0.3) is 0 Å². The predicted molar refractivity (Wildman–Crippen MR) is 149 cm³/mol. The van der Waals surface area contributed by atoms with Crippen molar-refractivity contribution in [1.82, 2.24) is 24.5 Å². The summed E-state index contributed by atoms with van der Waals surface area (Å²) < 4.78 is 6.86. The lowest BCUT2D eigenvalue weighted by molar-refractivity contribution is -0.133. The van der Waals surface area contributed by atoms with E-state index in [1.54, 1.807) is 12.1 Å². The molecule has 2 aromatic heterocycles. The SMILES string of the molecule is N#Cc1cc(Nc2nc(NC3CC3)c3ncc(C#N)n3n2)c(Cl)c(N2CCN(C(=O)CC3CCOCC3)CC2)c1. The number of nitrogens with one attached hydrogen (secondary N) is 2. The third-order valence-corrected chi connectivity index (χ3v) is 8.00. The Morgan fingerprint density at radius 3 is 2.58 bits per heavy atom. The highest BCUT2D eigenvalue weighted by Crippen LogP contribution is 2.37. The largest absolute Gasteiger partial charge is 0.381 e. The monoisotopic (exact) mass is 560 g/mol. The quantitative estimate of drug-likeness (QED) is 0.441. The number of halogens is 1. The molecule has 1 amide bonds. The summed E-state index contributed by atoms with van der Waals surface area (Å²) in [7, 11) is 0. The zero-order valence-electron chi connectivity index (χ0n) is 21.9. The van der Waals surface area contributed by atoms with Crippen molar-refractivity contribution in [2.45, 2.75) is 38.1 Å². The van der Waals surface area contributed by atoms with E-state index in [1.807, 2.05) is 4.90 Å². The number of hydrogen-bond acceptors (Lipinski definition) is 10. The van der Waals surface area contributed by atoms with Gasteiger partial charge in [-0.2, -0.15) is 20.0 Å². The zero-order chi connectivity index (χ0) is 27.6.